The fourth-order valence-electron chi connectivity index (χ4n) is 0. The van der Waals surface area contributed by atoms with Crippen LogP contribution in [-0.4, -0.2) is 24.2 Å². The van der Waals surface area contributed by atoms with Gasteiger partial charge >= 0.3 is 44.1 Å². The average Bonchev–Trinajstić information content (AvgIpc) is 2.00. The summed E-state index contributed by atoms with van der Waals surface area (Å²) >= 11 is 1.16. The zero-order valence-electron chi connectivity index (χ0n) is 12.7. The summed E-state index contributed by atoms with van der Waals surface area (Å²) in [5.74, 6) is 0. The van der Waals surface area contributed by atoms with Crippen LogP contribution in [0.5, 0.6) is 0 Å². The standard InChI is InChI=1S/3C3H8N.C3H7N.Ta/c4*1-3(2)4;/h3*3-4H,1-2H3;3H,1-2H3;/q3*-1;;. The van der Waals surface area contributed by atoms with Crippen molar-refractivity contribution in [3.8, 4) is 0 Å². The molecule has 0 aromatic carbocycles. The summed E-state index contributed by atoms with van der Waals surface area (Å²) in [6.45, 7) is 15.2. The summed E-state index contributed by atoms with van der Waals surface area (Å²) in [6, 6.07) is 0.809. The van der Waals surface area contributed by atoms with Gasteiger partial charge in [-0.05, 0) is 0 Å². The van der Waals surface area contributed by atoms with Crippen molar-refractivity contribution in [1.29, 1.82) is 0 Å². The summed E-state index contributed by atoms with van der Waals surface area (Å²) < 4.78 is 4.00. The minimum absolute atomic E-state index is 0.0833. The topological polar surface area (TPSA) is 83.8 Å². The van der Waals surface area contributed by atoms with Crippen LogP contribution < -0.4 is 0 Å². The van der Waals surface area contributed by atoms with Crippen LogP contribution in [0.4, 0.5) is 0 Å². The Morgan fingerprint density at radius 1 is 0.647 bits per heavy atom. The first-order valence-corrected chi connectivity index (χ1v) is 7.38. The van der Waals surface area contributed by atoms with Gasteiger partial charge < -0.3 is 17.2 Å². The van der Waals surface area contributed by atoms with Crippen molar-refractivity contribution in [1.82, 2.24) is 0 Å². The molecule has 0 saturated carbocycles. The van der Waals surface area contributed by atoms with E-state index in [1.807, 2.05) is 41.5 Å². The van der Waals surface area contributed by atoms with E-state index < -0.39 is 0 Å². The van der Waals surface area contributed by atoms with Crippen LogP contribution in [0.2, 0.25) is 0 Å². The predicted molar refractivity (Wildman–Crippen MR) is 75.9 cm³/mol. The Morgan fingerprint density at radius 2 is 0.706 bits per heavy atom. The maximum atomic E-state index is 6.58. The van der Waals surface area contributed by atoms with E-state index in [0.29, 0.717) is 6.04 Å². The Hall–Kier alpha value is 0.420. The van der Waals surface area contributed by atoms with E-state index in [9.17, 15) is 0 Å². The number of nitrogens with zero attached hydrogens (tertiary/aromatic N) is 1. The van der Waals surface area contributed by atoms with E-state index in [-0.39, 0.29) is 18.1 Å². The van der Waals surface area contributed by atoms with Crippen LogP contribution >= 0.6 is 0 Å². The van der Waals surface area contributed by atoms with Crippen LogP contribution in [0, 0.1) is 0 Å². The van der Waals surface area contributed by atoms with Crippen molar-refractivity contribution in [2.75, 3.05) is 0 Å². The van der Waals surface area contributed by atoms with Gasteiger partial charge in [0.05, 0.1) is 0 Å². The molecule has 0 spiro atoms. The zero-order chi connectivity index (χ0) is 15.0. The Balaban J connectivity index is -0.0000000667. The molecule has 17 heavy (non-hydrogen) atoms. The third kappa shape index (κ3) is 583. The van der Waals surface area contributed by atoms with Crippen molar-refractivity contribution in [3.05, 3.63) is 17.2 Å². The van der Waals surface area contributed by atoms with Gasteiger partial charge in [-0.15, -0.1) is 18.1 Å². The summed E-state index contributed by atoms with van der Waals surface area (Å²) in [6.07, 6.45) is 0. The average molecular weight is 412 g/mol. The van der Waals surface area contributed by atoms with Crippen LogP contribution in [0.15, 0.2) is 3.34 Å². The van der Waals surface area contributed by atoms with E-state index in [1.165, 1.54) is 0 Å². The Kier molecular flexibility index (Phi) is 33.3. The van der Waals surface area contributed by atoms with Gasteiger partial charge in [-0.25, -0.2) is 0 Å². The fraction of sp³-hybridized carbons (Fsp3) is 1.00. The van der Waals surface area contributed by atoms with Crippen molar-refractivity contribution >= 4 is 0 Å². The number of rotatable bonds is 1. The van der Waals surface area contributed by atoms with Gasteiger partial charge in [0.15, 0.2) is 0 Å². The van der Waals surface area contributed by atoms with Crippen LogP contribution in [-0.2, 0) is 20.9 Å². The van der Waals surface area contributed by atoms with Gasteiger partial charge in [0, 0.05) is 0 Å². The molecular weight excluding hydrogens is 381 g/mol. The molecule has 0 saturated heterocycles. The molecule has 0 bridgehead atoms. The van der Waals surface area contributed by atoms with Crippen LogP contribution in [0.1, 0.15) is 55.4 Å². The molecule has 0 radical (unpaired) electrons. The van der Waals surface area contributed by atoms with Crippen molar-refractivity contribution < 1.29 is 20.9 Å². The zero-order valence-corrected chi connectivity index (χ0v) is 15.9. The summed E-state index contributed by atoms with van der Waals surface area (Å²) in [7, 11) is 0. The second-order valence-corrected chi connectivity index (χ2v) is 5.50. The quantitative estimate of drug-likeness (QED) is 0.547. The van der Waals surface area contributed by atoms with E-state index in [2.05, 4.69) is 17.2 Å². The molecule has 0 unspecified atom stereocenters. The van der Waals surface area contributed by atoms with E-state index in [1.54, 1.807) is 0 Å². The van der Waals surface area contributed by atoms with Crippen molar-refractivity contribution in [2.45, 2.75) is 79.6 Å². The van der Waals surface area contributed by atoms with Crippen molar-refractivity contribution in [2.24, 2.45) is 3.34 Å². The SMILES string of the molecule is CC(C)[NH-].CC(C)[NH-].CC(C)[NH-].CC(C)[N]=[Ta]. The molecule has 3 N–H and O–H groups in total. The van der Waals surface area contributed by atoms with Gasteiger partial charge in [-0.1, -0.05) is 41.5 Å². The monoisotopic (exact) mass is 412 g/mol. The first-order valence-electron chi connectivity index (χ1n) is 5.94. The second-order valence-electron chi connectivity index (χ2n) is 4.67. The molecule has 0 heterocycles. The molecule has 0 aliphatic heterocycles. The number of nitrogens with one attached hydrogen (secondary N) is 3. The van der Waals surface area contributed by atoms with Gasteiger partial charge in [-0.2, -0.15) is 0 Å². The minimum atomic E-state index is 0.0833. The summed E-state index contributed by atoms with van der Waals surface area (Å²) in [5, 5.41) is 0. The molecule has 0 atom stereocenters. The molecule has 0 rings (SSSR count). The Bertz CT molecular complexity index is 103. The molecule has 0 fully saturated rings. The molecule has 5 heteroatoms. The van der Waals surface area contributed by atoms with E-state index >= 15 is 0 Å². The predicted octanol–water partition coefficient (Wildman–Crippen LogP) is 5.47. The molecule has 0 aromatic heterocycles. The molecule has 0 aromatic rings. The van der Waals surface area contributed by atoms with Crippen molar-refractivity contribution in [3.63, 3.8) is 0 Å². The third-order valence-corrected chi connectivity index (χ3v) is 1.89. The van der Waals surface area contributed by atoms with Gasteiger partial charge in [-0.3, -0.25) is 0 Å². The summed E-state index contributed by atoms with van der Waals surface area (Å²) in [5.41, 5.74) is 19.8. The molecule has 4 nitrogen and oxygen atoms in total. The number of hydrogen-bond donors (Lipinski definition) is 0. The second kappa shape index (κ2) is 21.7. The van der Waals surface area contributed by atoms with Crippen LogP contribution in [0.3, 0.4) is 0 Å². The Labute approximate surface area is 121 Å². The molecule has 0 aliphatic rings. The molecule has 107 valence electrons. The van der Waals surface area contributed by atoms with Crippen LogP contribution in [0.25, 0.3) is 17.2 Å². The number of hydrogen-bond acceptors (Lipinski definition) is 1. The summed E-state index contributed by atoms with van der Waals surface area (Å²) in [4.78, 5) is 0. The molecular formula is C12H31N4Ta-3. The first-order chi connectivity index (χ1) is 7.47. The third-order valence-electron chi connectivity index (χ3n) is 0.231. The fourth-order valence-corrected chi connectivity index (χ4v) is 0. The Morgan fingerprint density at radius 3 is 0.706 bits per heavy atom. The first kappa shape index (κ1) is 26.1. The normalized spacial score (nSPS) is 8.82. The van der Waals surface area contributed by atoms with Gasteiger partial charge in [0.2, 0.25) is 0 Å². The van der Waals surface area contributed by atoms with E-state index in [0.717, 1.165) is 20.9 Å². The van der Waals surface area contributed by atoms with Gasteiger partial charge in [0.25, 0.3) is 0 Å². The van der Waals surface area contributed by atoms with Gasteiger partial charge in [0.1, 0.15) is 0 Å². The maximum absolute atomic E-state index is 6.58. The molecule has 0 aliphatic carbocycles. The molecule has 0 amide bonds. The van der Waals surface area contributed by atoms with E-state index in [4.69, 9.17) is 17.2 Å².